The van der Waals surface area contributed by atoms with Crippen molar-refractivity contribution in [3.63, 3.8) is 0 Å². The Morgan fingerprint density at radius 1 is 1.42 bits per heavy atom. The van der Waals surface area contributed by atoms with Crippen LogP contribution in [0.3, 0.4) is 0 Å². The minimum atomic E-state index is -0.126. The fourth-order valence-electron chi connectivity index (χ4n) is 1.35. The molecule has 1 aliphatic rings. The van der Waals surface area contributed by atoms with Gasteiger partial charge in [-0.3, -0.25) is 4.79 Å². The minimum absolute atomic E-state index is 0.126. The molecule has 1 aromatic rings. The smallest absolute Gasteiger partial charge is 0.150 e. The molecule has 1 aliphatic carbocycles. The summed E-state index contributed by atoms with van der Waals surface area (Å²) in [5.41, 5.74) is 7.65. The highest BCUT2D eigenvalue weighted by Crippen LogP contribution is 2.42. The number of aldehydes is 1. The number of benzene rings is 1. The van der Waals surface area contributed by atoms with Crippen molar-refractivity contribution < 1.29 is 4.79 Å². The summed E-state index contributed by atoms with van der Waals surface area (Å²) in [6.07, 6.45) is 2.93. The molecule has 0 atom stereocenters. The Kier molecular flexibility index (Phi) is 1.51. The quantitative estimate of drug-likeness (QED) is 0.667. The van der Waals surface area contributed by atoms with Crippen LogP contribution in [0, 0.1) is 0 Å². The second-order valence-corrected chi connectivity index (χ2v) is 3.40. The van der Waals surface area contributed by atoms with Crippen LogP contribution in [-0.4, -0.2) is 6.29 Å². The first kappa shape index (κ1) is 7.50. The first-order valence-electron chi connectivity index (χ1n) is 4.09. The average molecular weight is 161 g/mol. The van der Waals surface area contributed by atoms with Crippen molar-refractivity contribution in [2.45, 2.75) is 18.4 Å². The summed E-state index contributed by atoms with van der Waals surface area (Å²) in [4.78, 5) is 10.5. The summed E-state index contributed by atoms with van der Waals surface area (Å²) in [7, 11) is 0. The molecular formula is C10H11NO. The highest BCUT2D eigenvalue weighted by Gasteiger charge is 2.39. The maximum absolute atomic E-state index is 10.5. The molecular weight excluding hydrogens is 150 g/mol. The number of hydrogen-bond acceptors (Lipinski definition) is 2. The van der Waals surface area contributed by atoms with Gasteiger partial charge in [-0.2, -0.15) is 0 Å². The molecule has 2 rings (SSSR count). The zero-order valence-electron chi connectivity index (χ0n) is 6.79. The van der Waals surface area contributed by atoms with Gasteiger partial charge in [-0.05, 0) is 24.5 Å². The first-order chi connectivity index (χ1) is 5.74. The van der Waals surface area contributed by atoms with Crippen molar-refractivity contribution in [1.29, 1.82) is 0 Å². The van der Waals surface area contributed by atoms with Crippen LogP contribution in [0.2, 0.25) is 0 Å². The van der Waals surface area contributed by atoms with E-state index in [1.807, 2.05) is 18.2 Å². The highest BCUT2D eigenvalue weighted by atomic mass is 16.1. The van der Waals surface area contributed by atoms with E-state index in [0.29, 0.717) is 5.56 Å². The molecule has 0 saturated heterocycles. The SMILES string of the molecule is NC1(c2cccc(C=O)c2)CC1. The molecule has 0 heterocycles. The number of nitrogens with two attached hydrogens (primary N) is 1. The maximum Gasteiger partial charge on any atom is 0.150 e. The van der Waals surface area contributed by atoms with Gasteiger partial charge in [-0.15, -0.1) is 0 Å². The Morgan fingerprint density at radius 3 is 2.75 bits per heavy atom. The standard InChI is InChI=1S/C10H11NO/c11-10(4-5-10)9-3-1-2-8(6-9)7-12/h1-3,6-7H,4-5,11H2. The lowest BCUT2D eigenvalue weighted by Crippen LogP contribution is -2.18. The third-order valence-corrected chi connectivity index (χ3v) is 2.39. The minimum Gasteiger partial charge on any atom is -0.321 e. The molecule has 0 amide bonds. The largest absolute Gasteiger partial charge is 0.321 e. The van der Waals surface area contributed by atoms with Gasteiger partial charge < -0.3 is 5.73 Å². The van der Waals surface area contributed by atoms with Gasteiger partial charge in [0.25, 0.3) is 0 Å². The Labute approximate surface area is 71.4 Å². The van der Waals surface area contributed by atoms with Crippen molar-refractivity contribution in [3.05, 3.63) is 35.4 Å². The molecule has 0 radical (unpaired) electrons. The van der Waals surface area contributed by atoms with E-state index in [-0.39, 0.29) is 5.54 Å². The second-order valence-electron chi connectivity index (χ2n) is 3.40. The molecule has 62 valence electrons. The zero-order valence-corrected chi connectivity index (χ0v) is 6.79. The molecule has 0 bridgehead atoms. The molecule has 0 aromatic heterocycles. The lowest BCUT2D eigenvalue weighted by molar-refractivity contribution is 0.112. The summed E-state index contributed by atoms with van der Waals surface area (Å²) < 4.78 is 0. The topological polar surface area (TPSA) is 43.1 Å². The number of hydrogen-bond donors (Lipinski definition) is 1. The van der Waals surface area contributed by atoms with Crippen molar-refractivity contribution >= 4 is 6.29 Å². The Hall–Kier alpha value is -1.15. The molecule has 2 N–H and O–H groups in total. The van der Waals surface area contributed by atoms with E-state index in [2.05, 4.69) is 0 Å². The third kappa shape index (κ3) is 1.14. The maximum atomic E-state index is 10.5. The Bertz CT molecular complexity index is 315. The van der Waals surface area contributed by atoms with Gasteiger partial charge in [0.1, 0.15) is 6.29 Å². The highest BCUT2D eigenvalue weighted by molar-refractivity contribution is 5.75. The van der Waals surface area contributed by atoms with Gasteiger partial charge in [0.15, 0.2) is 0 Å². The fraction of sp³-hybridized carbons (Fsp3) is 0.300. The van der Waals surface area contributed by atoms with E-state index in [1.54, 1.807) is 6.07 Å². The average Bonchev–Trinajstić information content (AvgIpc) is 2.85. The van der Waals surface area contributed by atoms with Crippen LogP contribution in [0.5, 0.6) is 0 Å². The molecule has 2 nitrogen and oxygen atoms in total. The second kappa shape index (κ2) is 2.42. The monoisotopic (exact) mass is 161 g/mol. The molecule has 0 aliphatic heterocycles. The van der Waals surface area contributed by atoms with Crippen molar-refractivity contribution in [2.24, 2.45) is 5.73 Å². The van der Waals surface area contributed by atoms with E-state index in [0.717, 1.165) is 24.7 Å². The van der Waals surface area contributed by atoms with E-state index in [1.165, 1.54) is 0 Å². The summed E-state index contributed by atoms with van der Waals surface area (Å²) in [6, 6.07) is 7.54. The van der Waals surface area contributed by atoms with Crippen LogP contribution in [0.25, 0.3) is 0 Å². The first-order valence-corrected chi connectivity index (χ1v) is 4.09. The van der Waals surface area contributed by atoms with Gasteiger partial charge in [-0.25, -0.2) is 0 Å². The summed E-state index contributed by atoms with van der Waals surface area (Å²) in [6.45, 7) is 0. The van der Waals surface area contributed by atoms with Crippen LogP contribution in [0.1, 0.15) is 28.8 Å². The van der Waals surface area contributed by atoms with Gasteiger partial charge >= 0.3 is 0 Å². The molecule has 0 unspecified atom stereocenters. The lowest BCUT2D eigenvalue weighted by atomic mass is 10.0. The Balaban J connectivity index is 2.38. The number of carbonyl (C=O) groups is 1. The summed E-state index contributed by atoms with van der Waals surface area (Å²) >= 11 is 0. The van der Waals surface area contributed by atoms with E-state index in [4.69, 9.17) is 5.73 Å². The van der Waals surface area contributed by atoms with E-state index >= 15 is 0 Å². The van der Waals surface area contributed by atoms with Gasteiger partial charge in [0, 0.05) is 11.1 Å². The van der Waals surface area contributed by atoms with Crippen LogP contribution in [0.4, 0.5) is 0 Å². The fourth-order valence-corrected chi connectivity index (χ4v) is 1.35. The Morgan fingerprint density at radius 2 is 2.17 bits per heavy atom. The van der Waals surface area contributed by atoms with Crippen molar-refractivity contribution in [3.8, 4) is 0 Å². The predicted octanol–water partition coefficient (Wildman–Crippen LogP) is 1.45. The van der Waals surface area contributed by atoms with Crippen molar-refractivity contribution in [2.75, 3.05) is 0 Å². The molecule has 1 saturated carbocycles. The lowest BCUT2D eigenvalue weighted by Gasteiger charge is -2.08. The predicted molar refractivity (Wildman–Crippen MR) is 46.9 cm³/mol. The number of rotatable bonds is 2. The summed E-state index contributed by atoms with van der Waals surface area (Å²) in [5, 5.41) is 0. The molecule has 0 spiro atoms. The normalized spacial score (nSPS) is 18.8. The third-order valence-electron chi connectivity index (χ3n) is 2.39. The molecule has 1 aromatic carbocycles. The van der Waals surface area contributed by atoms with Crippen LogP contribution >= 0.6 is 0 Å². The van der Waals surface area contributed by atoms with Crippen LogP contribution < -0.4 is 5.73 Å². The van der Waals surface area contributed by atoms with Gasteiger partial charge in [0.05, 0.1) is 0 Å². The molecule has 1 fully saturated rings. The van der Waals surface area contributed by atoms with Crippen LogP contribution in [0.15, 0.2) is 24.3 Å². The van der Waals surface area contributed by atoms with Gasteiger partial charge in [-0.1, -0.05) is 18.2 Å². The van der Waals surface area contributed by atoms with Gasteiger partial charge in [0.2, 0.25) is 0 Å². The van der Waals surface area contributed by atoms with Crippen LogP contribution in [-0.2, 0) is 5.54 Å². The van der Waals surface area contributed by atoms with E-state index < -0.39 is 0 Å². The van der Waals surface area contributed by atoms with E-state index in [9.17, 15) is 4.79 Å². The molecule has 12 heavy (non-hydrogen) atoms. The van der Waals surface area contributed by atoms with Crippen molar-refractivity contribution in [1.82, 2.24) is 0 Å². The molecule has 2 heteroatoms. The zero-order chi connectivity index (χ0) is 8.60. The number of carbonyl (C=O) groups excluding carboxylic acids is 1. The summed E-state index contributed by atoms with van der Waals surface area (Å²) in [5.74, 6) is 0.